The van der Waals surface area contributed by atoms with Gasteiger partial charge in [0.2, 0.25) is 0 Å². The number of aromatic nitrogens is 3. The van der Waals surface area contributed by atoms with E-state index < -0.39 is 0 Å². The van der Waals surface area contributed by atoms with Crippen molar-refractivity contribution in [1.29, 1.82) is 0 Å². The third kappa shape index (κ3) is 3.03. The van der Waals surface area contributed by atoms with Crippen molar-refractivity contribution in [2.75, 3.05) is 6.54 Å². The van der Waals surface area contributed by atoms with E-state index >= 15 is 0 Å². The van der Waals surface area contributed by atoms with E-state index in [9.17, 15) is 4.79 Å². The van der Waals surface area contributed by atoms with Gasteiger partial charge in [0.15, 0.2) is 0 Å². The highest BCUT2D eigenvalue weighted by Crippen LogP contribution is 2.36. The number of rotatable bonds is 3. The molecule has 0 bridgehead atoms. The van der Waals surface area contributed by atoms with Crippen LogP contribution in [0, 0.1) is 0 Å². The van der Waals surface area contributed by atoms with Gasteiger partial charge < -0.3 is 4.90 Å². The van der Waals surface area contributed by atoms with Crippen LogP contribution in [-0.2, 0) is 0 Å². The summed E-state index contributed by atoms with van der Waals surface area (Å²) in [6, 6.07) is 15.2. The average molecular weight is 353 g/mol. The minimum atomic E-state index is 0.0348. The highest BCUT2D eigenvalue weighted by atomic mass is 35.5. The van der Waals surface area contributed by atoms with Gasteiger partial charge >= 0.3 is 0 Å². The van der Waals surface area contributed by atoms with Gasteiger partial charge in [-0.15, -0.1) is 0 Å². The maximum Gasteiger partial charge on any atom is 0.254 e. The normalized spacial score (nSPS) is 17.0. The van der Waals surface area contributed by atoms with Crippen molar-refractivity contribution >= 4 is 17.5 Å². The Labute approximate surface area is 150 Å². The van der Waals surface area contributed by atoms with E-state index in [4.69, 9.17) is 11.6 Å². The minimum Gasteiger partial charge on any atom is -0.332 e. The van der Waals surface area contributed by atoms with E-state index in [2.05, 4.69) is 10.1 Å². The summed E-state index contributed by atoms with van der Waals surface area (Å²) in [4.78, 5) is 18.8. The van der Waals surface area contributed by atoms with Crippen molar-refractivity contribution < 1.29 is 4.79 Å². The quantitative estimate of drug-likeness (QED) is 0.718. The lowest BCUT2D eigenvalue weighted by Crippen LogP contribution is -2.30. The Morgan fingerprint density at radius 2 is 1.92 bits per heavy atom. The van der Waals surface area contributed by atoms with Gasteiger partial charge in [0.1, 0.15) is 12.7 Å². The summed E-state index contributed by atoms with van der Waals surface area (Å²) < 4.78 is 1.66. The fourth-order valence-electron chi connectivity index (χ4n) is 3.34. The molecule has 2 aromatic carbocycles. The first kappa shape index (κ1) is 15.8. The summed E-state index contributed by atoms with van der Waals surface area (Å²) in [5, 5.41) is 4.81. The molecular weight excluding hydrogens is 336 g/mol. The van der Waals surface area contributed by atoms with Crippen LogP contribution in [0.25, 0.3) is 5.69 Å². The van der Waals surface area contributed by atoms with E-state index in [1.54, 1.807) is 11.0 Å². The summed E-state index contributed by atoms with van der Waals surface area (Å²) in [5.74, 6) is 0.0348. The molecule has 0 saturated carbocycles. The predicted octanol–water partition coefficient (Wildman–Crippen LogP) is 3.90. The van der Waals surface area contributed by atoms with Crippen molar-refractivity contribution in [3.05, 3.63) is 77.3 Å². The summed E-state index contributed by atoms with van der Waals surface area (Å²) in [5.41, 5.74) is 2.56. The number of hydrogen-bond donors (Lipinski definition) is 0. The van der Waals surface area contributed by atoms with Gasteiger partial charge in [-0.3, -0.25) is 4.79 Å². The monoisotopic (exact) mass is 352 g/mol. The molecule has 1 aliphatic rings. The lowest BCUT2D eigenvalue weighted by molar-refractivity contribution is 0.0736. The molecule has 1 fully saturated rings. The van der Waals surface area contributed by atoms with Crippen LogP contribution in [0.15, 0.2) is 61.2 Å². The highest BCUT2D eigenvalue weighted by Gasteiger charge is 2.31. The number of hydrogen-bond acceptors (Lipinski definition) is 3. The van der Waals surface area contributed by atoms with Crippen molar-refractivity contribution in [3.8, 4) is 5.69 Å². The molecule has 1 unspecified atom stereocenters. The molecular formula is C19H17ClN4O. The van der Waals surface area contributed by atoms with Crippen LogP contribution in [0.2, 0.25) is 5.02 Å². The van der Waals surface area contributed by atoms with Crippen LogP contribution >= 0.6 is 11.6 Å². The Kier molecular flexibility index (Phi) is 4.24. The maximum absolute atomic E-state index is 13.0. The van der Waals surface area contributed by atoms with Gasteiger partial charge in [0, 0.05) is 17.1 Å². The van der Waals surface area contributed by atoms with Crippen LogP contribution in [0.5, 0.6) is 0 Å². The zero-order valence-electron chi connectivity index (χ0n) is 13.5. The molecule has 1 saturated heterocycles. The minimum absolute atomic E-state index is 0.0348. The van der Waals surface area contributed by atoms with Crippen molar-refractivity contribution in [2.45, 2.75) is 18.9 Å². The van der Waals surface area contributed by atoms with E-state index in [0.717, 1.165) is 30.6 Å². The molecule has 1 aromatic heterocycles. The Balaban J connectivity index is 1.58. The first-order valence-electron chi connectivity index (χ1n) is 8.24. The molecule has 1 amide bonds. The van der Waals surface area contributed by atoms with Crippen molar-refractivity contribution in [2.24, 2.45) is 0 Å². The summed E-state index contributed by atoms with van der Waals surface area (Å²) in [7, 11) is 0. The van der Waals surface area contributed by atoms with Gasteiger partial charge in [0.05, 0.1) is 11.7 Å². The molecule has 25 heavy (non-hydrogen) atoms. The number of nitrogens with zero attached hydrogens (tertiary/aromatic N) is 4. The van der Waals surface area contributed by atoms with Gasteiger partial charge in [-0.25, -0.2) is 9.67 Å². The number of halogens is 1. The summed E-state index contributed by atoms with van der Waals surface area (Å²) >= 11 is 6.34. The SMILES string of the molecule is O=C(c1ccc(-n2cncn2)cc1)N1CCCC1c1ccccc1Cl. The van der Waals surface area contributed by atoms with Gasteiger partial charge in [-0.2, -0.15) is 5.10 Å². The maximum atomic E-state index is 13.0. The van der Waals surface area contributed by atoms with E-state index in [-0.39, 0.29) is 11.9 Å². The topological polar surface area (TPSA) is 51.0 Å². The second kappa shape index (κ2) is 6.69. The molecule has 1 atom stereocenters. The van der Waals surface area contributed by atoms with Crippen LogP contribution in [-0.4, -0.2) is 32.1 Å². The second-order valence-electron chi connectivity index (χ2n) is 6.07. The predicted molar refractivity (Wildman–Crippen MR) is 95.8 cm³/mol. The number of carbonyl (C=O) groups excluding carboxylic acids is 1. The molecule has 0 radical (unpaired) electrons. The molecule has 5 nitrogen and oxygen atoms in total. The van der Waals surface area contributed by atoms with Crippen molar-refractivity contribution in [3.63, 3.8) is 0 Å². The molecule has 0 spiro atoms. The van der Waals surface area contributed by atoms with Crippen molar-refractivity contribution in [1.82, 2.24) is 19.7 Å². The third-order valence-corrected chi connectivity index (χ3v) is 4.92. The number of benzene rings is 2. The van der Waals surface area contributed by atoms with Gasteiger partial charge in [-0.1, -0.05) is 29.8 Å². The molecule has 3 aromatic rings. The van der Waals surface area contributed by atoms with Gasteiger partial charge in [-0.05, 0) is 48.7 Å². The molecule has 2 heterocycles. The van der Waals surface area contributed by atoms with E-state index in [1.165, 1.54) is 6.33 Å². The van der Waals surface area contributed by atoms with Crippen LogP contribution in [0.3, 0.4) is 0 Å². The molecule has 4 rings (SSSR count). The average Bonchev–Trinajstić information content (AvgIpc) is 3.34. The largest absolute Gasteiger partial charge is 0.332 e. The fourth-order valence-corrected chi connectivity index (χ4v) is 3.60. The number of likely N-dealkylation sites (tertiary alicyclic amines) is 1. The fraction of sp³-hybridized carbons (Fsp3) is 0.211. The van der Waals surface area contributed by atoms with Crippen LogP contribution in [0.4, 0.5) is 0 Å². The standard InChI is InChI=1S/C19H17ClN4O/c20-17-5-2-1-4-16(17)18-6-3-11-23(18)19(25)14-7-9-15(10-8-14)24-13-21-12-22-24/h1-2,4-5,7-10,12-13,18H,3,6,11H2. The summed E-state index contributed by atoms with van der Waals surface area (Å²) in [6.45, 7) is 0.750. The third-order valence-electron chi connectivity index (χ3n) is 4.58. The van der Waals surface area contributed by atoms with Gasteiger partial charge in [0.25, 0.3) is 5.91 Å². The van der Waals surface area contributed by atoms with E-state index in [1.807, 2.05) is 53.4 Å². The molecule has 6 heteroatoms. The Hall–Kier alpha value is -2.66. The summed E-state index contributed by atoms with van der Waals surface area (Å²) in [6.07, 6.45) is 5.04. The van der Waals surface area contributed by atoms with E-state index in [0.29, 0.717) is 10.6 Å². The molecule has 1 aliphatic heterocycles. The number of amides is 1. The molecule has 0 aliphatic carbocycles. The van der Waals surface area contributed by atoms with Crippen LogP contribution in [0.1, 0.15) is 34.8 Å². The first-order chi connectivity index (χ1) is 12.2. The van der Waals surface area contributed by atoms with Crippen LogP contribution < -0.4 is 0 Å². The molecule has 126 valence electrons. The smallest absolute Gasteiger partial charge is 0.254 e. The lowest BCUT2D eigenvalue weighted by atomic mass is 10.0. The highest BCUT2D eigenvalue weighted by molar-refractivity contribution is 6.31. The first-order valence-corrected chi connectivity index (χ1v) is 8.62. The zero-order valence-corrected chi connectivity index (χ0v) is 14.3. The Morgan fingerprint density at radius 3 is 2.64 bits per heavy atom. The number of carbonyl (C=O) groups is 1. The Morgan fingerprint density at radius 1 is 1.12 bits per heavy atom. The second-order valence-corrected chi connectivity index (χ2v) is 6.47. The Bertz CT molecular complexity index is 877. The lowest BCUT2D eigenvalue weighted by Gasteiger charge is -2.26. The molecule has 0 N–H and O–H groups in total. The zero-order chi connectivity index (χ0) is 17.2.